The van der Waals surface area contributed by atoms with Crippen LogP contribution in [-0.4, -0.2) is 19.9 Å². The molecule has 4 rings (SSSR count). The van der Waals surface area contributed by atoms with Gasteiger partial charge in [-0.3, -0.25) is 15.1 Å². The van der Waals surface area contributed by atoms with Crippen LogP contribution in [0.3, 0.4) is 0 Å². The van der Waals surface area contributed by atoms with Crippen molar-refractivity contribution in [2.24, 2.45) is 0 Å². The lowest BCUT2D eigenvalue weighted by Gasteiger charge is -2.14. The first-order valence-corrected chi connectivity index (χ1v) is 8.79. The summed E-state index contributed by atoms with van der Waals surface area (Å²) in [5, 5.41) is 14.9. The fourth-order valence-corrected chi connectivity index (χ4v) is 2.92. The summed E-state index contributed by atoms with van der Waals surface area (Å²) in [5.74, 6) is -0.688. The van der Waals surface area contributed by atoms with Gasteiger partial charge in [-0.1, -0.05) is 30.3 Å². The number of para-hydroxylation sites is 2. The summed E-state index contributed by atoms with van der Waals surface area (Å²) in [6.45, 7) is 0. The second-order valence-electron chi connectivity index (χ2n) is 6.23. The molecule has 0 saturated carbocycles. The van der Waals surface area contributed by atoms with Crippen LogP contribution in [0.4, 0.5) is 30.4 Å². The summed E-state index contributed by atoms with van der Waals surface area (Å²) in [6.07, 6.45) is -2.18. The Hall–Kier alpha value is -4.28. The molecule has 8 nitrogen and oxygen atoms in total. The van der Waals surface area contributed by atoms with Gasteiger partial charge in [-0.25, -0.2) is 4.98 Å². The first-order chi connectivity index (χ1) is 14.8. The Balaban J connectivity index is 1.77. The lowest BCUT2D eigenvalue weighted by Crippen LogP contribution is -2.10. The van der Waals surface area contributed by atoms with Crippen LogP contribution in [-0.2, 0) is 6.18 Å². The van der Waals surface area contributed by atoms with Gasteiger partial charge in [0.25, 0.3) is 0 Å². The van der Waals surface area contributed by atoms with Crippen LogP contribution >= 0.6 is 0 Å². The van der Waals surface area contributed by atoms with Gasteiger partial charge in [-0.2, -0.15) is 18.2 Å². The molecule has 2 heterocycles. The second kappa shape index (κ2) is 7.86. The van der Waals surface area contributed by atoms with Crippen molar-refractivity contribution in [1.29, 1.82) is 0 Å². The van der Waals surface area contributed by atoms with E-state index in [1.54, 1.807) is 30.3 Å². The van der Waals surface area contributed by atoms with Crippen LogP contribution in [0, 0.1) is 10.1 Å². The molecule has 156 valence electrons. The molecule has 1 N–H and O–H groups in total. The lowest BCUT2D eigenvalue weighted by molar-refractivity contribution is -0.385. The molecule has 0 unspecified atom stereocenters. The molecule has 0 amide bonds. The smallest absolute Gasteiger partial charge is 0.418 e. The monoisotopic (exact) mass is 427 g/mol. The SMILES string of the molecule is O=[N+]([O-])c1c(Nc2ccccc2C(F)(F)F)ncnc1Oc1cccc2cccnc12. The Morgan fingerprint density at radius 1 is 0.968 bits per heavy atom. The number of pyridine rings is 1. The first kappa shape index (κ1) is 20.0. The standard InChI is InChI=1S/C20H12F3N5O3/c21-20(22,23)13-7-1-2-8-14(13)27-18-17(28(29)30)19(26-11-25-18)31-15-9-3-5-12-6-4-10-24-16(12)15/h1-11H,(H,25,26,27). The van der Waals surface area contributed by atoms with E-state index < -0.39 is 39.7 Å². The van der Waals surface area contributed by atoms with E-state index in [1.165, 1.54) is 18.3 Å². The number of anilines is 2. The van der Waals surface area contributed by atoms with Crippen molar-refractivity contribution in [2.45, 2.75) is 6.18 Å². The van der Waals surface area contributed by atoms with E-state index >= 15 is 0 Å². The Kier molecular flexibility index (Phi) is 5.07. The number of nitrogens with one attached hydrogen (secondary N) is 1. The van der Waals surface area contributed by atoms with Gasteiger partial charge in [-0.15, -0.1) is 0 Å². The van der Waals surface area contributed by atoms with Gasteiger partial charge in [0.2, 0.25) is 5.82 Å². The van der Waals surface area contributed by atoms with Gasteiger partial charge < -0.3 is 10.1 Å². The predicted octanol–water partition coefficient (Wildman–Crippen LogP) is 5.49. The third-order valence-corrected chi connectivity index (χ3v) is 4.26. The van der Waals surface area contributed by atoms with E-state index in [0.717, 1.165) is 23.8 Å². The number of fused-ring (bicyclic) bond motifs is 1. The number of nitro groups is 1. The number of nitrogens with zero attached hydrogens (tertiary/aromatic N) is 4. The third-order valence-electron chi connectivity index (χ3n) is 4.26. The highest BCUT2D eigenvalue weighted by Gasteiger charge is 2.34. The fourth-order valence-electron chi connectivity index (χ4n) is 2.92. The van der Waals surface area contributed by atoms with E-state index in [0.29, 0.717) is 5.52 Å². The zero-order chi connectivity index (χ0) is 22.0. The molecule has 0 radical (unpaired) electrons. The Bertz CT molecular complexity index is 1280. The van der Waals surface area contributed by atoms with E-state index in [4.69, 9.17) is 4.74 Å². The Morgan fingerprint density at radius 2 is 1.74 bits per heavy atom. The van der Waals surface area contributed by atoms with E-state index in [2.05, 4.69) is 20.3 Å². The zero-order valence-electron chi connectivity index (χ0n) is 15.5. The van der Waals surface area contributed by atoms with Crippen molar-refractivity contribution >= 4 is 28.1 Å². The lowest BCUT2D eigenvalue weighted by atomic mass is 10.1. The fraction of sp³-hybridized carbons (Fsp3) is 0.0500. The second-order valence-corrected chi connectivity index (χ2v) is 6.23. The number of alkyl halides is 3. The maximum atomic E-state index is 13.3. The average molecular weight is 427 g/mol. The van der Waals surface area contributed by atoms with Crippen LogP contribution in [0.1, 0.15) is 5.56 Å². The zero-order valence-corrected chi connectivity index (χ0v) is 15.5. The van der Waals surface area contributed by atoms with Crippen molar-refractivity contribution in [1.82, 2.24) is 15.0 Å². The van der Waals surface area contributed by atoms with Crippen LogP contribution in [0.25, 0.3) is 10.9 Å². The minimum Gasteiger partial charge on any atom is -0.431 e. The van der Waals surface area contributed by atoms with E-state index in [-0.39, 0.29) is 5.75 Å². The summed E-state index contributed by atoms with van der Waals surface area (Å²) in [5.41, 5.74) is -1.67. The molecule has 0 fully saturated rings. The van der Waals surface area contributed by atoms with Crippen LogP contribution in [0.2, 0.25) is 0 Å². The Morgan fingerprint density at radius 3 is 2.52 bits per heavy atom. The Labute approximate surface area is 172 Å². The molecule has 31 heavy (non-hydrogen) atoms. The summed E-state index contributed by atoms with van der Waals surface area (Å²) >= 11 is 0. The number of ether oxygens (including phenoxy) is 1. The van der Waals surface area contributed by atoms with Crippen molar-refractivity contribution in [3.8, 4) is 11.6 Å². The van der Waals surface area contributed by atoms with Crippen molar-refractivity contribution in [3.63, 3.8) is 0 Å². The molecule has 0 aliphatic heterocycles. The quantitative estimate of drug-likeness (QED) is 0.332. The van der Waals surface area contributed by atoms with Gasteiger partial charge in [0.15, 0.2) is 5.75 Å². The molecule has 0 bridgehead atoms. The van der Waals surface area contributed by atoms with Crippen molar-refractivity contribution in [3.05, 3.63) is 82.8 Å². The maximum absolute atomic E-state index is 13.3. The van der Waals surface area contributed by atoms with Gasteiger partial charge in [-0.05, 0) is 24.3 Å². The van der Waals surface area contributed by atoms with Gasteiger partial charge in [0, 0.05) is 11.6 Å². The van der Waals surface area contributed by atoms with Crippen LogP contribution in [0.5, 0.6) is 11.6 Å². The topological polar surface area (TPSA) is 103 Å². The average Bonchev–Trinajstić information content (AvgIpc) is 2.73. The van der Waals surface area contributed by atoms with E-state index in [1.807, 2.05) is 0 Å². The number of rotatable bonds is 5. The molecular weight excluding hydrogens is 415 g/mol. The molecule has 2 aromatic heterocycles. The third kappa shape index (κ3) is 4.06. The molecule has 4 aromatic rings. The number of benzene rings is 2. The van der Waals surface area contributed by atoms with E-state index in [9.17, 15) is 23.3 Å². The summed E-state index contributed by atoms with van der Waals surface area (Å²) in [6, 6.07) is 13.1. The molecule has 0 aliphatic rings. The molecular formula is C20H12F3N5O3. The minimum atomic E-state index is -4.67. The summed E-state index contributed by atoms with van der Waals surface area (Å²) in [4.78, 5) is 22.7. The summed E-state index contributed by atoms with van der Waals surface area (Å²) in [7, 11) is 0. The van der Waals surface area contributed by atoms with Crippen molar-refractivity contribution in [2.75, 3.05) is 5.32 Å². The van der Waals surface area contributed by atoms with Crippen LogP contribution in [0.15, 0.2) is 67.1 Å². The molecule has 0 saturated heterocycles. The molecule has 0 spiro atoms. The molecule has 2 aromatic carbocycles. The van der Waals surface area contributed by atoms with Gasteiger partial charge in [0.05, 0.1) is 16.2 Å². The first-order valence-electron chi connectivity index (χ1n) is 8.79. The molecule has 0 atom stereocenters. The molecule has 0 aliphatic carbocycles. The van der Waals surface area contributed by atoms with Gasteiger partial charge >= 0.3 is 17.7 Å². The number of halogens is 3. The van der Waals surface area contributed by atoms with Gasteiger partial charge in [0.1, 0.15) is 11.8 Å². The minimum absolute atomic E-state index is 0.196. The number of aromatic nitrogens is 3. The number of hydrogen-bond donors (Lipinski definition) is 1. The highest BCUT2D eigenvalue weighted by Crippen LogP contribution is 2.40. The van der Waals surface area contributed by atoms with Crippen LogP contribution < -0.4 is 10.1 Å². The maximum Gasteiger partial charge on any atom is 0.418 e. The predicted molar refractivity (Wildman–Crippen MR) is 105 cm³/mol. The van der Waals surface area contributed by atoms with Crippen molar-refractivity contribution < 1.29 is 22.8 Å². The highest BCUT2D eigenvalue weighted by molar-refractivity contribution is 5.84. The normalized spacial score (nSPS) is 11.3. The number of hydrogen-bond acceptors (Lipinski definition) is 7. The molecule has 11 heteroatoms. The highest BCUT2D eigenvalue weighted by atomic mass is 19.4. The summed E-state index contributed by atoms with van der Waals surface area (Å²) < 4.78 is 45.5. The largest absolute Gasteiger partial charge is 0.431 e.